The predicted octanol–water partition coefficient (Wildman–Crippen LogP) is 3.69. The molecule has 2 heterocycles. The number of carbonyl (C=O) groups is 3. The third kappa shape index (κ3) is 7.24. The van der Waals surface area contributed by atoms with E-state index < -0.39 is 5.82 Å². The van der Waals surface area contributed by atoms with Gasteiger partial charge in [0.05, 0.1) is 21.4 Å². The summed E-state index contributed by atoms with van der Waals surface area (Å²) < 4.78 is 15.1. The number of thiophene rings is 1. The molecule has 2 amide bonds. The van der Waals surface area contributed by atoms with Crippen molar-refractivity contribution in [3.63, 3.8) is 0 Å². The molecule has 1 aromatic heterocycles. The van der Waals surface area contributed by atoms with Crippen LogP contribution in [0.4, 0.5) is 15.8 Å². The summed E-state index contributed by atoms with van der Waals surface area (Å²) in [7, 11) is 1.74. The number of benzene rings is 1. The number of halogens is 2. The number of hydrogen-bond acceptors (Lipinski definition) is 6. The molecule has 1 fully saturated rings. The van der Waals surface area contributed by atoms with Crippen molar-refractivity contribution in [1.82, 2.24) is 10.2 Å². The average Bonchev–Trinajstić information content (AvgIpc) is 3.41. The summed E-state index contributed by atoms with van der Waals surface area (Å²) in [6.07, 6.45) is 7.65. The fourth-order valence-electron chi connectivity index (χ4n) is 3.38. The van der Waals surface area contributed by atoms with Crippen LogP contribution < -0.4 is 15.5 Å². The van der Waals surface area contributed by atoms with Crippen LogP contribution in [0.5, 0.6) is 0 Å². The molecule has 1 unspecified atom stereocenters. The Balaban J connectivity index is 1.48. The maximum absolute atomic E-state index is 14.5. The molecule has 0 radical (unpaired) electrons. The molecule has 3 rings (SSSR count). The van der Waals surface area contributed by atoms with Crippen LogP contribution >= 0.6 is 22.9 Å². The van der Waals surface area contributed by atoms with Gasteiger partial charge in [-0.25, -0.2) is 4.39 Å². The second-order valence-electron chi connectivity index (χ2n) is 7.48. The Bertz CT molecular complexity index is 1070. The highest BCUT2D eigenvalue weighted by Gasteiger charge is 2.26. The van der Waals surface area contributed by atoms with Crippen molar-refractivity contribution >= 4 is 52.4 Å². The third-order valence-corrected chi connectivity index (χ3v) is 6.25. The van der Waals surface area contributed by atoms with Crippen molar-refractivity contribution in [3.05, 3.63) is 69.8 Å². The number of nitrogens with one attached hydrogen (secondary N) is 2. The minimum absolute atomic E-state index is 0.0628. The lowest BCUT2D eigenvalue weighted by Gasteiger charge is -2.17. The molecule has 1 saturated heterocycles. The predicted molar refractivity (Wildman–Crippen MR) is 129 cm³/mol. The zero-order chi connectivity index (χ0) is 23.8. The van der Waals surface area contributed by atoms with Gasteiger partial charge in [0, 0.05) is 38.1 Å². The molecule has 7 nitrogen and oxygen atoms in total. The first kappa shape index (κ1) is 24.6. The number of allylic oxidation sites excluding steroid dienone is 3. The van der Waals surface area contributed by atoms with Crippen molar-refractivity contribution in [2.75, 3.05) is 36.9 Å². The normalized spacial score (nSPS) is 16.4. The van der Waals surface area contributed by atoms with Crippen LogP contribution in [0.2, 0.25) is 4.34 Å². The Hall–Kier alpha value is -3.01. The summed E-state index contributed by atoms with van der Waals surface area (Å²) in [6.45, 7) is 1.29. The van der Waals surface area contributed by atoms with E-state index in [0.717, 1.165) is 6.42 Å². The van der Waals surface area contributed by atoms with E-state index in [2.05, 4.69) is 10.6 Å². The van der Waals surface area contributed by atoms with Crippen molar-refractivity contribution in [2.24, 2.45) is 0 Å². The zero-order valence-electron chi connectivity index (χ0n) is 18.0. The van der Waals surface area contributed by atoms with Gasteiger partial charge in [-0.1, -0.05) is 17.7 Å². The van der Waals surface area contributed by atoms with E-state index >= 15 is 0 Å². The smallest absolute Gasteiger partial charge is 0.261 e. The first-order valence-corrected chi connectivity index (χ1v) is 11.4. The summed E-state index contributed by atoms with van der Waals surface area (Å²) in [6, 6.07) is 7.81. The molecule has 0 aliphatic carbocycles. The van der Waals surface area contributed by atoms with Crippen molar-refractivity contribution in [2.45, 2.75) is 12.5 Å². The minimum atomic E-state index is -0.550. The molecular weight excluding hydrogens is 467 g/mol. The molecule has 0 bridgehead atoms. The number of carbonyl (C=O) groups excluding carboxylic acids is 3. The second-order valence-corrected chi connectivity index (χ2v) is 9.20. The largest absolute Gasteiger partial charge is 0.351 e. The van der Waals surface area contributed by atoms with Gasteiger partial charge in [-0.05, 0) is 48.9 Å². The maximum Gasteiger partial charge on any atom is 0.261 e. The standard InChI is InChI=1S/C23H24ClFN4O3S/c1-28(10-3-2-4-12-30)17-5-6-19(18(25)13-17)27-22(31)15-29-11-9-16(14-29)26-23(32)20-7-8-21(24)33-20/h2-8,10,12-13,16H,9,11,14-15H2,1H3,(H,26,32)(H,27,31)/b4-2-,10-3-. The molecule has 2 N–H and O–H groups in total. The van der Waals surface area contributed by atoms with Crippen LogP contribution in [0.1, 0.15) is 16.1 Å². The fraction of sp³-hybridized carbons (Fsp3) is 0.261. The molecule has 10 heteroatoms. The Kier molecular flexibility index (Phi) is 8.76. The first-order valence-electron chi connectivity index (χ1n) is 10.2. The number of rotatable bonds is 9. The van der Waals surface area contributed by atoms with Gasteiger partial charge in [-0.15, -0.1) is 11.3 Å². The number of aldehydes is 1. The lowest BCUT2D eigenvalue weighted by Crippen LogP contribution is -2.38. The van der Waals surface area contributed by atoms with E-state index in [1.807, 2.05) is 4.90 Å². The number of hydrogen-bond donors (Lipinski definition) is 2. The highest BCUT2D eigenvalue weighted by Crippen LogP contribution is 2.23. The van der Waals surface area contributed by atoms with E-state index in [9.17, 15) is 18.8 Å². The lowest BCUT2D eigenvalue weighted by molar-refractivity contribution is -0.117. The molecule has 33 heavy (non-hydrogen) atoms. The molecule has 1 aromatic carbocycles. The number of likely N-dealkylation sites (tertiary alicyclic amines) is 1. The van der Waals surface area contributed by atoms with E-state index in [4.69, 9.17) is 11.6 Å². The maximum atomic E-state index is 14.5. The van der Waals surface area contributed by atoms with Crippen LogP contribution in [0, 0.1) is 5.82 Å². The van der Waals surface area contributed by atoms with Gasteiger partial charge < -0.3 is 15.5 Å². The van der Waals surface area contributed by atoms with Gasteiger partial charge in [-0.3, -0.25) is 19.3 Å². The molecular formula is C23H24ClFN4O3S. The summed E-state index contributed by atoms with van der Waals surface area (Å²) in [5.74, 6) is -1.05. The van der Waals surface area contributed by atoms with Crippen LogP contribution in [0.25, 0.3) is 0 Å². The van der Waals surface area contributed by atoms with E-state index in [0.29, 0.717) is 34.3 Å². The molecule has 174 valence electrons. The Labute approximate surface area is 200 Å². The highest BCUT2D eigenvalue weighted by molar-refractivity contribution is 7.18. The highest BCUT2D eigenvalue weighted by atomic mass is 35.5. The fourth-order valence-corrected chi connectivity index (χ4v) is 4.33. The zero-order valence-corrected chi connectivity index (χ0v) is 19.5. The van der Waals surface area contributed by atoms with E-state index in [1.165, 1.54) is 29.5 Å². The van der Waals surface area contributed by atoms with Gasteiger partial charge in [0.1, 0.15) is 12.1 Å². The molecule has 1 aliphatic heterocycles. The quantitative estimate of drug-likeness (QED) is 0.318. The minimum Gasteiger partial charge on any atom is -0.351 e. The van der Waals surface area contributed by atoms with Gasteiger partial charge in [0.2, 0.25) is 5.91 Å². The summed E-state index contributed by atoms with van der Waals surface area (Å²) in [5.41, 5.74) is 0.687. The van der Waals surface area contributed by atoms with Crippen LogP contribution in [-0.4, -0.2) is 55.7 Å². The Morgan fingerprint density at radius 1 is 1.27 bits per heavy atom. The van der Waals surface area contributed by atoms with Gasteiger partial charge >= 0.3 is 0 Å². The van der Waals surface area contributed by atoms with Gasteiger partial charge in [0.15, 0.2) is 0 Å². The van der Waals surface area contributed by atoms with E-state index in [1.54, 1.807) is 48.5 Å². The second kappa shape index (κ2) is 11.7. The monoisotopic (exact) mass is 490 g/mol. The van der Waals surface area contributed by atoms with E-state index in [-0.39, 0.29) is 30.1 Å². The lowest BCUT2D eigenvalue weighted by atomic mass is 10.2. The van der Waals surface area contributed by atoms with Crippen molar-refractivity contribution in [1.29, 1.82) is 0 Å². The summed E-state index contributed by atoms with van der Waals surface area (Å²) >= 11 is 7.09. The van der Waals surface area contributed by atoms with Crippen LogP contribution in [0.15, 0.2) is 54.8 Å². The molecule has 0 spiro atoms. The van der Waals surface area contributed by atoms with Crippen LogP contribution in [-0.2, 0) is 9.59 Å². The number of anilines is 2. The van der Waals surface area contributed by atoms with Crippen molar-refractivity contribution < 1.29 is 18.8 Å². The SMILES string of the molecule is CN(/C=C\C=C/C=O)c1ccc(NC(=O)CN2CCC(NC(=O)c3ccc(Cl)s3)C2)c(F)c1. The summed E-state index contributed by atoms with van der Waals surface area (Å²) in [5, 5.41) is 5.56. The number of nitrogens with zero attached hydrogens (tertiary/aromatic N) is 2. The number of amides is 2. The molecule has 1 atom stereocenters. The average molecular weight is 491 g/mol. The molecule has 1 aliphatic rings. The topological polar surface area (TPSA) is 81.8 Å². The Morgan fingerprint density at radius 3 is 2.79 bits per heavy atom. The molecule has 0 saturated carbocycles. The Morgan fingerprint density at radius 2 is 2.09 bits per heavy atom. The van der Waals surface area contributed by atoms with Gasteiger partial charge in [0.25, 0.3) is 5.91 Å². The first-order chi connectivity index (χ1) is 15.9. The van der Waals surface area contributed by atoms with Crippen LogP contribution in [0.3, 0.4) is 0 Å². The van der Waals surface area contributed by atoms with Gasteiger partial charge in [-0.2, -0.15) is 0 Å². The summed E-state index contributed by atoms with van der Waals surface area (Å²) in [4.78, 5) is 39.1. The molecule has 2 aromatic rings. The third-order valence-electron chi connectivity index (χ3n) is 5.02. The van der Waals surface area contributed by atoms with Crippen molar-refractivity contribution in [3.8, 4) is 0 Å².